The molecule has 0 aliphatic rings. The van der Waals surface area contributed by atoms with Crippen LogP contribution in [0.25, 0.3) is 10.8 Å². The number of rotatable bonds is 8. The fraction of sp³-hybridized carbons (Fsp3) is 0.350. The number of hydrogen-bond donors (Lipinski definition) is 1. The van der Waals surface area contributed by atoms with Crippen LogP contribution in [0.4, 0.5) is 5.13 Å². The van der Waals surface area contributed by atoms with E-state index in [9.17, 15) is 4.79 Å². The summed E-state index contributed by atoms with van der Waals surface area (Å²) in [7, 11) is 0. The average Bonchev–Trinajstić information content (AvgIpc) is 3.11. The lowest BCUT2D eigenvalue weighted by molar-refractivity contribution is -0.122. The van der Waals surface area contributed by atoms with Gasteiger partial charge in [0.05, 0.1) is 0 Å². The molecule has 7 heteroatoms. The minimum atomic E-state index is -0.582. The van der Waals surface area contributed by atoms with E-state index >= 15 is 0 Å². The zero-order valence-electron chi connectivity index (χ0n) is 15.6. The van der Waals surface area contributed by atoms with Crippen LogP contribution in [-0.2, 0) is 4.79 Å². The molecule has 3 aromatic rings. The number of fused-ring (bicyclic) bond motifs is 1. The fourth-order valence-electron chi connectivity index (χ4n) is 2.47. The molecule has 0 spiro atoms. The number of benzene rings is 2. The van der Waals surface area contributed by atoms with Crippen molar-refractivity contribution in [2.24, 2.45) is 5.92 Å². The van der Waals surface area contributed by atoms with E-state index in [-0.39, 0.29) is 5.91 Å². The Bertz CT molecular complexity index is 911. The molecule has 1 N–H and O–H groups in total. The van der Waals surface area contributed by atoms with Crippen molar-refractivity contribution in [3.8, 4) is 5.75 Å². The van der Waals surface area contributed by atoms with Gasteiger partial charge in [0, 0.05) is 5.75 Å². The van der Waals surface area contributed by atoms with E-state index < -0.39 is 6.10 Å². The monoisotopic (exact) mass is 401 g/mol. The molecular weight excluding hydrogens is 378 g/mol. The molecule has 2 aromatic carbocycles. The highest BCUT2D eigenvalue weighted by Crippen LogP contribution is 2.27. The fourth-order valence-corrected chi connectivity index (χ4v) is 4.20. The van der Waals surface area contributed by atoms with Gasteiger partial charge >= 0.3 is 0 Å². The van der Waals surface area contributed by atoms with Crippen LogP contribution in [-0.4, -0.2) is 28.0 Å². The summed E-state index contributed by atoms with van der Waals surface area (Å²) in [4.78, 5) is 12.6. The Hall–Kier alpha value is -2.12. The number of carbonyl (C=O) groups excluding carboxylic acids is 1. The summed E-state index contributed by atoms with van der Waals surface area (Å²) in [5.41, 5.74) is 0. The Kier molecular flexibility index (Phi) is 6.68. The number of nitrogens with one attached hydrogen (secondary N) is 1. The standard InChI is InChI=1S/C20H23N3O2S2/c1-4-17(25-16-10-9-14-7-5-6-8-15(14)11-16)18(24)21-19-22-23-20(27-19)26-12-13(2)3/h5-11,13,17H,4,12H2,1-3H3,(H,21,22,24)/t17-/m0/s1. The van der Waals surface area contributed by atoms with Gasteiger partial charge in [-0.05, 0) is 35.2 Å². The topological polar surface area (TPSA) is 64.1 Å². The summed E-state index contributed by atoms with van der Waals surface area (Å²) < 4.78 is 6.79. The third-order valence-corrected chi connectivity index (χ3v) is 6.24. The molecule has 0 aliphatic heterocycles. The first-order valence-electron chi connectivity index (χ1n) is 8.97. The van der Waals surface area contributed by atoms with E-state index in [4.69, 9.17) is 4.74 Å². The maximum absolute atomic E-state index is 12.6. The normalized spacial score (nSPS) is 12.3. The summed E-state index contributed by atoms with van der Waals surface area (Å²) in [6.07, 6.45) is -0.0197. The van der Waals surface area contributed by atoms with Crippen LogP contribution < -0.4 is 10.1 Å². The van der Waals surface area contributed by atoms with Crippen LogP contribution in [0.15, 0.2) is 46.8 Å². The van der Waals surface area contributed by atoms with Crippen LogP contribution in [0.5, 0.6) is 5.75 Å². The molecule has 0 radical (unpaired) electrons. The molecule has 1 heterocycles. The first kappa shape index (κ1) is 19.6. The molecule has 1 atom stereocenters. The SMILES string of the molecule is CC[C@H](Oc1ccc2ccccc2c1)C(=O)Nc1nnc(SCC(C)C)s1. The molecule has 0 saturated carbocycles. The highest BCUT2D eigenvalue weighted by Gasteiger charge is 2.20. The molecule has 0 aliphatic carbocycles. The second kappa shape index (κ2) is 9.19. The Morgan fingerprint density at radius 3 is 2.70 bits per heavy atom. The van der Waals surface area contributed by atoms with Gasteiger partial charge in [0.1, 0.15) is 5.75 Å². The molecule has 1 aromatic heterocycles. The Morgan fingerprint density at radius 1 is 1.19 bits per heavy atom. The maximum atomic E-state index is 12.6. The van der Waals surface area contributed by atoms with Crippen molar-refractivity contribution in [3.05, 3.63) is 42.5 Å². The Morgan fingerprint density at radius 2 is 1.96 bits per heavy atom. The van der Waals surface area contributed by atoms with E-state index in [2.05, 4.69) is 29.4 Å². The summed E-state index contributed by atoms with van der Waals surface area (Å²) in [5.74, 6) is 2.03. The first-order valence-corrected chi connectivity index (χ1v) is 10.8. The van der Waals surface area contributed by atoms with Crippen molar-refractivity contribution in [2.45, 2.75) is 37.6 Å². The molecule has 0 fully saturated rings. The van der Waals surface area contributed by atoms with Crippen molar-refractivity contribution >= 4 is 44.9 Å². The first-order chi connectivity index (χ1) is 13.0. The van der Waals surface area contributed by atoms with Crippen molar-refractivity contribution < 1.29 is 9.53 Å². The molecule has 1 amide bonds. The van der Waals surface area contributed by atoms with Crippen LogP contribution in [0.2, 0.25) is 0 Å². The smallest absolute Gasteiger partial charge is 0.267 e. The summed E-state index contributed by atoms with van der Waals surface area (Å²) in [5, 5.41) is 13.7. The summed E-state index contributed by atoms with van der Waals surface area (Å²) in [6.45, 7) is 6.24. The lowest BCUT2D eigenvalue weighted by Gasteiger charge is -2.16. The van der Waals surface area contributed by atoms with Gasteiger partial charge in [-0.15, -0.1) is 10.2 Å². The number of carbonyl (C=O) groups is 1. The molecule has 5 nitrogen and oxygen atoms in total. The predicted octanol–water partition coefficient (Wildman–Crippen LogP) is 5.24. The van der Waals surface area contributed by atoms with Gasteiger partial charge in [-0.3, -0.25) is 10.1 Å². The molecule has 0 unspecified atom stereocenters. The molecule has 0 bridgehead atoms. The summed E-state index contributed by atoms with van der Waals surface area (Å²) >= 11 is 3.05. The quantitative estimate of drug-likeness (QED) is 0.413. The highest BCUT2D eigenvalue weighted by atomic mass is 32.2. The van der Waals surface area contributed by atoms with E-state index in [0.717, 1.165) is 20.9 Å². The minimum absolute atomic E-state index is 0.206. The average molecular weight is 402 g/mol. The highest BCUT2D eigenvalue weighted by molar-refractivity contribution is 8.01. The second-order valence-electron chi connectivity index (χ2n) is 6.59. The zero-order chi connectivity index (χ0) is 19.2. The Labute approximate surface area is 167 Å². The maximum Gasteiger partial charge on any atom is 0.267 e. The summed E-state index contributed by atoms with van der Waals surface area (Å²) in [6, 6.07) is 13.9. The van der Waals surface area contributed by atoms with Gasteiger partial charge in [-0.1, -0.05) is 74.2 Å². The van der Waals surface area contributed by atoms with Crippen molar-refractivity contribution in [1.82, 2.24) is 10.2 Å². The van der Waals surface area contributed by atoms with Crippen molar-refractivity contribution in [3.63, 3.8) is 0 Å². The molecule has 0 saturated heterocycles. The van der Waals surface area contributed by atoms with Crippen LogP contribution in [0, 0.1) is 5.92 Å². The van der Waals surface area contributed by atoms with E-state index in [1.165, 1.54) is 11.3 Å². The molecule has 27 heavy (non-hydrogen) atoms. The van der Waals surface area contributed by atoms with Crippen LogP contribution >= 0.6 is 23.1 Å². The number of aromatic nitrogens is 2. The number of anilines is 1. The van der Waals surface area contributed by atoms with E-state index in [1.807, 2.05) is 49.4 Å². The Balaban J connectivity index is 1.63. The lowest BCUT2D eigenvalue weighted by Crippen LogP contribution is -2.32. The molecule has 142 valence electrons. The van der Waals surface area contributed by atoms with Gasteiger partial charge in [-0.2, -0.15) is 0 Å². The second-order valence-corrected chi connectivity index (χ2v) is 8.84. The molecule has 3 rings (SSSR count). The number of ether oxygens (including phenoxy) is 1. The van der Waals surface area contributed by atoms with Gasteiger partial charge in [0.25, 0.3) is 5.91 Å². The third kappa shape index (κ3) is 5.43. The largest absolute Gasteiger partial charge is 0.481 e. The van der Waals surface area contributed by atoms with Crippen LogP contribution in [0.3, 0.4) is 0 Å². The van der Waals surface area contributed by atoms with E-state index in [0.29, 0.717) is 23.2 Å². The van der Waals surface area contributed by atoms with Gasteiger partial charge in [0.15, 0.2) is 10.4 Å². The predicted molar refractivity (Wildman–Crippen MR) is 113 cm³/mol. The van der Waals surface area contributed by atoms with Crippen LogP contribution in [0.1, 0.15) is 27.2 Å². The lowest BCUT2D eigenvalue weighted by atomic mass is 10.1. The van der Waals surface area contributed by atoms with Gasteiger partial charge < -0.3 is 4.74 Å². The number of amides is 1. The third-order valence-electron chi connectivity index (χ3n) is 3.84. The zero-order valence-corrected chi connectivity index (χ0v) is 17.3. The number of thioether (sulfide) groups is 1. The van der Waals surface area contributed by atoms with E-state index in [1.54, 1.807) is 11.8 Å². The number of nitrogens with zero attached hydrogens (tertiary/aromatic N) is 2. The number of hydrogen-bond acceptors (Lipinski definition) is 6. The minimum Gasteiger partial charge on any atom is -0.481 e. The van der Waals surface area contributed by atoms with Gasteiger partial charge in [0.2, 0.25) is 5.13 Å². The van der Waals surface area contributed by atoms with Gasteiger partial charge in [-0.25, -0.2) is 0 Å². The van der Waals surface area contributed by atoms with Crippen molar-refractivity contribution in [2.75, 3.05) is 11.1 Å². The molecular formula is C20H23N3O2S2. The van der Waals surface area contributed by atoms with Crippen molar-refractivity contribution in [1.29, 1.82) is 0 Å².